The van der Waals surface area contributed by atoms with Crippen molar-refractivity contribution in [3.05, 3.63) is 53.1 Å². The molecule has 1 aliphatic heterocycles. The second-order valence-electron chi connectivity index (χ2n) is 5.59. The zero-order chi connectivity index (χ0) is 16.2. The third-order valence-electron chi connectivity index (χ3n) is 4.09. The topological polar surface area (TPSA) is 50.7 Å². The minimum absolute atomic E-state index is 0.106. The molecule has 0 spiro atoms. The highest BCUT2D eigenvalue weighted by Gasteiger charge is 2.24. The number of benzene rings is 2. The summed E-state index contributed by atoms with van der Waals surface area (Å²) in [5, 5.41) is 13.1. The van der Waals surface area contributed by atoms with Crippen LogP contribution in [0.2, 0.25) is 0 Å². The van der Waals surface area contributed by atoms with Crippen LogP contribution in [-0.2, 0) is 6.42 Å². The van der Waals surface area contributed by atoms with Gasteiger partial charge in [0.05, 0.1) is 19.3 Å². The van der Waals surface area contributed by atoms with Gasteiger partial charge in [-0.2, -0.15) is 0 Å². The van der Waals surface area contributed by atoms with Crippen LogP contribution in [0.3, 0.4) is 0 Å². The van der Waals surface area contributed by atoms with Gasteiger partial charge in [0.1, 0.15) is 5.75 Å². The first-order valence-corrected chi connectivity index (χ1v) is 8.17. The van der Waals surface area contributed by atoms with Crippen molar-refractivity contribution >= 4 is 0 Å². The van der Waals surface area contributed by atoms with E-state index < -0.39 is 0 Å². The molecule has 4 nitrogen and oxygen atoms in total. The average Bonchev–Trinajstić information content (AvgIpc) is 2.56. The van der Waals surface area contributed by atoms with Crippen molar-refractivity contribution in [1.29, 1.82) is 0 Å². The Morgan fingerprint density at radius 1 is 1.04 bits per heavy atom. The summed E-state index contributed by atoms with van der Waals surface area (Å²) in [5.74, 6) is 1.89. The van der Waals surface area contributed by atoms with E-state index in [1.807, 2.05) is 26.0 Å². The number of phenols is 1. The lowest BCUT2D eigenvalue weighted by molar-refractivity contribution is 0.286. The van der Waals surface area contributed by atoms with Gasteiger partial charge in [0.15, 0.2) is 11.5 Å². The number of hydrogen-bond donors (Lipinski definition) is 2. The Hall–Kier alpha value is -2.20. The second kappa shape index (κ2) is 6.92. The lowest BCUT2D eigenvalue weighted by Crippen LogP contribution is -2.30. The molecule has 2 aromatic carbocycles. The quantitative estimate of drug-likeness (QED) is 0.888. The summed E-state index contributed by atoms with van der Waals surface area (Å²) in [6.07, 6.45) is 0.969. The van der Waals surface area contributed by atoms with Crippen molar-refractivity contribution in [1.82, 2.24) is 5.32 Å². The number of hydrogen-bond acceptors (Lipinski definition) is 4. The first-order valence-electron chi connectivity index (χ1n) is 8.17. The third kappa shape index (κ3) is 3.27. The summed E-state index contributed by atoms with van der Waals surface area (Å²) in [7, 11) is 0. The molecule has 0 unspecified atom stereocenters. The van der Waals surface area contributed by atoms with Crippen LogP contribution in [0.15, 0.2) is 36.4 Å². The molecule has 1 heterocycles. The third-order valence-corrected chi connectivity index (χ3v) is 4.09. The average molecular weight is 313 g/mol. The van der Waals surface area contributed by atoms with Gasteiger partial charge in [-0.05, 0) is 61.2 Å². The van der Waals surface area contributed by atoms with Crippen LogP contribution < -0.4 is 14.8 Å². The fourth-order valence-corrected chi connectivity index (χ4v) is 3.06. The number of fused-ring (bicyclic) bond motifs is 1. The maximum absolute atomic E-state index is 9.50. The maximum Gasteiger partial charge on any atom is 0.161 e. The first kappa shape index (κ1) is 15.7. The molecular formula is C19H23NO3. The van der Waals surface area contributed by atoms with Crippen LogP contribution in [0.25, 0.3) is 0 Å². The van der Waals surface area contributed by atoms with Gasteiger partial charge in [-0.15, -0.1) is 0 Å². The van der Waals surface area contributed by atoms with Gasteiger partial charge in [-0.1, -0.05) is 12.1 Å². The van der Waals surface area contributed by atoms with Gasteiger partial charge < -0.3 is 19.9 Å². The number of nitrogens with one attached hydrogen (secondary N) is 1. The van der Waals surface area contributed by atoms with E-state index in [4.69, 9.17) is 9.47 Å². The zero-order valence-corrected chi connectivity index (χ0v) is 13.6. The van der Waals surface area contributed by atoms with Gasteiger partial charge in [0.2, 0.25) is 0 Å². The molecule has 122 valence electrons. The van der Waals surface area contributed by atoms with Crippen LogP contribution >= 0.6 is 0 Å². The van der Waals surface area contributed by atoms with Crippen molar-refractivity contribution in [3.8, 4) is 17.2 Å². The second-order valence-corrected chi connectivity index (χ2v) is 5.59. The molecule has 0 bridgehead atoms. The predicted octanol–water partition coefficient (Wildman–Crippen LogP) is 3.42. The Balaban J connectivity index is 2.02. The van der Waals surface area contributed by atoms with Gasteiger partial charge in [0, 0.05) is 6.54 Å². The van der Waals surface area contributed by atoms with E-state index in [9.17, 15) is 5.11 Å². The van der Waals surface area contributed by atoms with Crippen molar-refractivity contribution in [2.45, 2.75) is 26.3 Å². The molecule has 0 fully saturated rings. The number of phenolic OH excluding ortho intramolecular Hbond substituents is 1. The van der Waals surface area contributed by atoms with Crippen LogP contribution in [0, 0.1) is 0 Å². The van der Waals surface area contributed by atoms with E-state index in [2.05, 4.69) is 17.4 Å². The molecule has 0 radical (unpaired) electrons. The highest BCUT2D eigenvalue weighted by molar-refractivity contribution is 5.51. The zero-order valence-electron chi connectivity index (χ0n) is 13.6. The SMILES string of the molecule is CCOc1cc2c(cc1OCC)[C@@H](c1ccc(O)cc1)NCC2. The summed E-state index contributed by atoms with van der Waals surface area (Å²) in [4.78, 5) is 0. The summed E-state index contributed by atoms with van der Waals surface area (Å²) in [5.41, 5.74) is 3.64. The lowest BCUT2D eigenvalue weighted by Gasteiger charge is -2.29. The fourth-order valence-electron chi connectivity index (χ4n) is 3.06. The molecule has 4 heteroatoms. The van der Waals surface area contributed by atoms with Crippen molar-refractivity contribution < 1.29 is 14.6 Å². The van der Waals surface area contributed by atoms with E-state index in [1.54, 1.807) is 12.1 Å². The van der Waals surface area contributed by atoms with Crippen LogP contribution in [0.4, 0.5) is 0 Å². The smallest absolute Gasteiger partial charge is 0.161 e. The molecule has 2 aromatic rings. The molecule has 0 saturated heterocycles. The minimum Gasteiger partial charge on any atom is -0.508 e. The number of ether oxygens (including phenoxy) is 2. The summed E-state index contributed by atoms with van der Waals surface area (Å²) in [6.45, 7) is 6.10. The molecule has 3 rings (SSSR count). The van der Waals surface area contributed by atoms with Crippen LogP contribution in [-0.4, -0.2) is 24.9 Å². The summed E-state index contributed by atoms with van der Waals surface area (Å²) < 4.78 is 11.5. The summed E-state index contributed by atoms with van der Waals surface area (Å²) in [6, 6.07) is 11.7. The molecule has 1 aliphatic rings. The van der Waals surface area contributed by atoms with E-state index in [-0.39, 0.29) is 11.8 Å². The molecule has 0 aromatic heterocycles. The van der Waals surface area contributed by atoms with Gasteiger partial charge in [-0.3, -0.25) is 0 Å². The molecule has 0 amide bonds. The first-order chi connectivity index (χ1) is 11.2. The molecule has 0 saturated carbocycles. The van der Waals surface area contributed by atoms with E-state index in [1.165, 1.54) is 11.1 Å². The maximum atomic E-state index is 9.50. The van der Waals surface area contributed by atoms with E-state index >= 15 is 0 Å². The van der Waals surface area contributed by atoms with Crippen molar-refractivity contribution in [3.63, 3.8) is 0 Å². The van der Waals surface area contributed by atoms with Gasteiger partial charge in [0.25, 0.3) is 0 Å². The van der Waals surface area contributed by atoms with Crippen LogP contribution in [0.5, 0.6) is 17.2 Å². The van der Waals surface area contributed by atoms with Crippen molar-refractivity contribution in [2.75, 3.05) is 19.8 Å². The largest absolute Gasteiger partial charge is 0.508 e. The molecule has 2 N–H and O–H groups in total. The Bertz CT molecular complexity index is 667. The molecule has 23 heavy (non-hydrogen) atoms. The number of rotatable bonds is 5. The van der Waals surface area contributed by atoms with E-state index in [0.29, 0.717) is 13.2 Å². The Kier molecular flexibility index (Phi) is 4.72. The number of aromatic hydroxyl groups is 1. The van der Waals surface area contributed by atoms with Crippen LogP contribution in [0.1, 0.15) is 36.6 Å². The Morgan fingerprint density at radius 3 is 2.35 bits per heavy atom. The minimum atomic E-state index is 0.106. The molecular weight excluding hydrogens is 290 g/mol. The Morgan fingerprint density at radius 2 is 1.70 bits per heavy atom. The predicted molar refractivity (Wildman–Crippen MR) is 90.4 cm³/mol. The van der Waals surface area contributed by atoms with Crippen molar-refractivity contribution in [2.24, 2.45) is 0 Å². The van der Waals surface area contributed by atoms with Gasteiger partial charge in [-0.25, -0.2) is 0 Å². The Labute approximate surface area is 137 Å². The van der Waals surface area contributed by atoms with Gasteiger partial charge >= 0.3 is 0 Å². The highest BCUT2D eigenvalue weighted by Crippen LogP contribution is 2.38. The lowest BCUT2D eigenvalue weighted by atomic mass is 9.89. The highest BCUT2D eigenvalue weighted by atomic mass is 16.5. The summed E-state index contributed by atoms with van der Waals surface area (Å²) >= 11 is 0. The van der Waals surface area contributed by atoms with E-state index in [0.717, 1.165) is 30.0 Å². The standard InChI is InChI=1S/C19H23NO3/c1-3-22-17-11-14-9-10-20-19(13-5-7-15(21)8-6-13)16(14)12-18(17)23-4-2/h5-8,11-12,19-21H,3-4,9-10H2,1-2H3/t19-/m1/s1. The normalized spacial score (nSPS) is 16.7. The molecule has 1 atom stereocenters. The molecule has 0 aliphatic carbocycles. The fraction of sp³-hybridized carbons (Fsp3) is 0.368. The monoisotopic (exact) mass is 313 g/mol.